The smallest absolute Gasteiger partial charge is 0.133 e. The minimum Gasteiger partial charge on any atom is -0.490 e. The summed E-state index contributed by atoms with van der Waals surface area (Å²) in [6, 6.07) is 17.1. The van der Waals surface area contributed by atoms with Gasteiger partial charge in [-0.05, 0) is 98.2 Å². The molecule has 2 fully saturated rings. The molecule has 9 heteroatoms. The van der Waals surface area contributed by atoms with Crippen LogP contribution < -0.4 is 10.1 Å². The maximum absolute atomic E-state index is 12.3. The molecule has 6 N–H and O–H groups in total. The van der Waals surface area contributed by atoms with Gasteiger partial charge >= 0.3 is 0 Å². The number of Topliss-reactive ketones (excluding diaryl/α,β-unsaturated/α-hetero) is 1. The van der Waals surface area contributed by atoms with Gasteiger partial charge < -0.3 is 35.6 Å². The van der Waals surface area contributed by atoms with Crippen molar-refractivity contribution in [2.45, 2.75) is 120 Å². The highest BCUT2D eigenvalue weighted by molar-refractivity contribution is 5.78. The summed E-state index contributed by atoms with van der Waals surface area (Å²) in [7, 11) is 0. The van der Waals surface area contributed by atoms with Gasteiger partial charge in [0.1, 0.15) is 29.8 Å². The normalized spacial score (nSPS) is 17.9. The number of benzene rings is 2. The number of ether oxygens (including phenoxy) is 1. The van der Waals surface area contributed by atoms with E-state index in [4.69, 9.17) is 9.84 Å². The average Bonchev–Trinajstić information content (AvgIpc) is 4.04. The van der Waals surface area contributed by atoms with E-state index in [1.165, 1.54) is 27.8 Å². The van der Waals surface area contributed by atoms with E-state index in [-0.39, 0.29) is 24.2 Å². The van der Waals surface area contributed by atoms with Crippen molar-refractivity contribution >= 4 is 5.78 Å². The van der Waals surface area contributed by atoms with E-state index >= 15 is 0 Å². The maximum atomic E-state index is 12.3. The summed E-state index contributed by atoms with van der Waals surface area (Å²) in [4.78, 5) is 16.8. The van der Waals surface area contributed by atoms with Crippen molar-refractivity contribution in [2.75, 3.05) is 6.61 Å². The van der Waals surface area contributed by atoms with Crippen LogP contribution in [0.15, 0.2) is 60.9 Å². The van der Waals surface area contributed by atoms with E-state index in [9.17, 15) is 25.2 Å². The van der Waals surface area contributed by atoms with Crippen LogP contribution in [0.1, 0.15) is 86.5 Å². The number of rotatable bonds is 20. The first-order chi connectivity index (χ1) is 22.7. The molecular weight excluding hydrogens is 596 g/mol. The third-order valence-electron chi connectivity index (χ3n) is 9.58. The van der Waals surface area contributed by atoms with Crippen molar-refractivity contribution in [3.05, 3.63) is 83.2 Å². The number of aromatic nitrogens is 1. The highest BCUT2D eigenvalue weighted by Gasteiger charge is 2.46. The Kier molecular flexibility index (Phi) is 12.2. The number of hydrogen-bond donors (Lipinski definition) is 6. The maximum Gasteiger partial charge on any atom is 0.133 e. The number of nitrogens with one attached hydrogen (secondary N) is 1. The first kappa shape index (κ1) is 35.1. The number of hydrogen-bond acceptors (Lipinski definition) is 9. The Bertz CT molecular complexity index is 1470. The van der Waals surface area contributed by atoms with E-state index in [1.54, 1.807) is 0 Å². The number of nitrogens with zero attached hydrogens (tertiary/aromatic N) is 1. The summed E-state index contributed by atoms with van der Waals surface area (Å²) in [6.45, 7) is 2.18. The zero-order chi connectivity index (χ0) is 33.4. The predicted molar refractivity (Wildman–Crippen MR) is 180 cm³/mol. The molecule has 2 aliphatic rings. The zero-order valence-corrected chi connectivity index (χ0v) is 27.4. The van der Waals surface area contributed by atoms with Crippen LogP contribution in [0.4, 0.5) is 0 Å². The molecule has 2 saturated carbocycles. The fourth-order valence-electron chi connectivity index (χ4n) is 6.17. The van der Waals surface area contributed by atoms with Crippen LogP contribution in [-0.2, 0) is 23.3 Å². The van der Waals surface area contributed by atoms with Crippen LogP contribution in [0.3, 0.4) is 0 Å². The number of ketones is 1. The molecule has 0 spiro atoms. The third kappa shape index (κ3) is 9.47. The van der Waals surface area contributed by atoms with Crippen molar-refractivity contribution in [1.82, 2.24) is 10.3 Å². The molecule has 0 amide bonds. The van der Waals surface area contributed by atoms with Crippen molar-refractivity contribution in [2.24, 2.45) is 0 Å². The fraction of sp³-hybridized carbons (Fsp3) is 0.526. The molecule has 2 aromatic carbocycles. The number of aliphatic hydroxyl groups excluding tert-OH is 5. The van der Waals surface area contributed by atoms with Gasteiger partial charge in [0.2, 0.25) is 0 Å². The summed E-state index contributed by atoms with van der Waals surface area (Å²) in [6.07, 6.45) is 6.34. The van der Waals surface area contributed by atoms with Crippen LogP contribution in [0.2, 0.25) is 0 Å². The Hall–Kier alpha value is -3.18. The predicted octanol–water partition coefficient (Wildman–Crippen LogP) is 4.27. The Labute approximate surface area is 277 Å². The molecule has 0 radical (unpaired) electrons. The molecule has 254 valence electrons. The van der Waals surface area contributed by atoms with E-state index < -0.39 is 31.0 Å². The van der Waals surface area contributed by atoms with Gasteiger partial charge in [0.15, 0.2) is 0 Å². The largest absolute Gasteiger partial charge is 0.490 e. The van der Waals surface area contributed by atoms with Gasteiger partial charge in [0.25, 0.3) is 0 Å². The SMILES string of the molecule is Cc1ccc(CCCCCC(=O)CC[C@H](O)[C@@H](O)[C@H](O)[C@H](O)CO)cc1CNC1(c2cnccc2-c2ccccc2OC2CC2)CC1. The number of aliphatic hydroxyl groups is 5. The van der Waals surface area contributed by atoms with Gasteiger partial charge in [0.05, 0.1) is 18.8 Å². The molecule has 1 aromatic heterocycles. The number of carbonyl (C=O) groups is 1. The highest BCUT2D eigenvalue weighted by atomic mass is 16.5. The molecule has 2 aliphatic carbocycles. The first-order valence-electron chi connectivity index (χ1n) is 17.1. The summed E-state index contributed by atoms with van der Waals surface area (Å²) in [5.74, 6) is 0.930. The lowest BCUT2D eigenvalue weighted by Gasteiger charge is -2.25. The Morgan fingerprint density at radius 1 is 0.957 bits per heavy atom. The summed E-state index contributed by atoms with van der Waals surface area (Å²) < 4.78 is 6.26. The molecule has 5 rings (SSSR count). The molecule has 0 saturated heterocycles. The lowest BCUT2D eigenvalue weighted by atomic mass is 9.94. The van der Waals surface area contributed by atoms with Gasteiger partial charge in [0, 0.05) is 42.9 Å². The molecule has 0 unspecified atom stereocenters. The Morgan fingerprint density at radius 2 is 1.72 bits per heavy atom. The molecule has 0 aliphatic heterocycles. The average molecular weight is 647 g/mol. The molecular formula is C38H50N2O7. The molecule has 1 heterocycles. The van der Waals surface area contributed by atoms with Crippen LogP contribution in [0.25, 0.3) is 11.1 Å². The van der Waals surface area contributed by atoms with Crippen LogP contribution in [0.5, 0.6) is 5.75 Å². The Morgan fingerprint density at radius 3 is 2.47 bits per heavy atom. The lowest BCUT2D eigenvalue weighted by Crippen LogP contribution is -2.45. The zero-order valence-electron chi connectivity index (χ0n) is 27.4. The second-order valence-electron chi connectivity index (χ2n) is 13.4. The van der Waals surface area contributed by atoms with E-state index in [0.29, 0.717) is 12.5 Å². The van der Waals surface area contributed by atoms with Crippen molar-refractivity contribution in [3.63, 3.8) is 0 Å². The second-order valence-corrected chi connectivity index (χ2v) is 13.4. The highest BCUT2D eigenvalue weighted by Crippen LogP contribution is 2.50. The van der Waals surface area contributed by atoms with E-state index in [1.807, 2.05) is 18.5 Å². The third-order valence-corrected chi connectivity index (χ3v) is 9.58. The van der Waals surface area contributed by atoms with Crippen molar-refractivity contribution < 1.29 is 35.1 Å². The van der Waals surface area contributed by atoms with Gasteiger partial charge in [-0.1, -0.05) is 42.8 Å². The molecule has 4 atom stereocenters. The Balaban J connectivity index is 1.09. The molecule has 47 heavy (non-hydrogen) atoms. The van der Waals surface area contributed by atoms with Gasteiger partial charge in [-0.15, -0.1) is 0 Å². The van der Waals surface area contributed by atoms with Crippen LogP contribution >= 0.6 is 0 Å². The van der Waals surface area contributed by atoms with Crippen molar-refractivity contribution in [3.8, 4) is 16.9 Å². The number of unbranched alkanes of at least 4 members (excludes halogenated alkanes) is 2. The van der Waals surface area contributed by atoms with Crippen LogP contribution in [-0.4, -0.2) is 73.4 Å². The minimum atomic E-state index is -1.67. The van der Waals surface area contributed by atoms with Gasteiger partial charge in [-0.2, -0.15) is 0 Å². The topological polar surface area (TPSA) is 152 Å². The number of carbonyl (C=O) groups excluding carboxylic acids is 1. The summed E-state index contributed by atoms with van der Waals surface area (Å²) in [5, 5.41) is 51.9. The van der Waals surface area contributed by atoms with Gasteiger partial charge in [-0.25, -0.2) is 0 Å². The monoisotopic (exact) mass is 646 g/mol. The molecule has 0 bridgehead atoms. The number of para-hydroxylation sites is 1. The van der Waals surface area contributed by atoms with Gasteiger partial charge in [-0.3, -0.25) is 9.78 Å². The van der Waals surface area contributed by atoms with E-state index in [0.717, 1.165) is 69.2 Å². The quantitative estimate of drug-likeness (QED) is 0.0989. The van der Waals surface area contributed by atoms with Crippen LogP contribution in [0, 0.1) is 6.92 Å². The molecule has 9 nitrogen and oxygen atoms in total. The fourth-order valence-corrected chi connectivity index (χ4v) is 6.17. The first-order valence-corrected chi connectivity index (χ1v) is 17.1. The summed E-state index contributed by atoms with van der Waals surface area (Å²) >= 11 is 0. The minimum absolute atomic E-state index is 0.0122. The number of aryl methyl sites for hydroxylation is 2. The van der Waals surface area contributed by atoms with E-state index in [2.05, 4.69) is 59.7 Å². The summed E-state index contributed by atoms with van der Waals surface area (Å²) in [5.41, 5.74) is 7.22. The molecule has 3 aromatic rings. The lowest BCUT2D eigenvalue weighted by molar-refractivity contribution is -0.125. The second kappa shape index (κ2) is 16.3. The number of pyridine rings is 1. The standard InChI is InChI=1S/C38H50N2O7/c1-25-11-12-26(7-3-2-4-8-28(42)13-16-33(43)36(45)37(46)34(44)24-41)21-27(25)22-40-38(18-19-38)32-23-39-20-17-30(32)31-9-5-6-10-35(31)47-29-14-15-29/h5-6,9-12,17,20-21,23,29,33-34,36-37,40-41,43-46H,2-4,7-8,13-16,18-19,22,24H2,1H3/t33-,34+,36+,37+/m0/s1. The van der Waals surface area contributed by atoms with Crippen molar-refractivity contribution in [1.29, 1.82) is 0 Å².